The minimum atomic E-state index is -0.511. The third-order valence-electron chi connectivity index (χ3n) is 6.22. The molecule has 41 heavy (non-hydrogen) atoms. The van der Waals surface area contributed by atoms with Crippen LogP contribution in [0.2, 0.25) is 10.0 Å². The van der Waals surface area contributed by atoms with Gasteiger partial charge in [0.05, 0.1) is 39.7 Å². The van der Waals surface area contributed by atoms with E-state index in [1.807, 2.05) is 42.5 Å². The van der Waals surface area contributed by atoms with E-state index in [-0.39, 0.29) is 18.9 Å². The number of hydroxylamine groups is 1. The lowest BCUT2D eigenvalue weighted by molar-refractivity contribution is -0.129. The lowest BCUT2D eigenvalue weighted by atomic mass is 10.1. The number of imidazole rings is 1. The number of fused-ring (bicyclic) bond motifs is 1. The number of anilines is 2. The highest BCUT2D eigenvalue weighted by molar-refractivity contribution is 6.35. The number of benzene rings is 4. The van der Waals surface area contributed by atoms with Crippen LogP contribution in [0.15, 0.2) is 84.9 Å². The largest absolute Gasteiger partial charge is 0.493 e. The summed E-state index contributed by atoms with van der Waals surface area (Å²) in [6, 6.07) is 25.4. The molecule has 9 nitrogen and oxygen atoms in total. The summed E-state index contributed by atoms with van der Waals surface area (Å²) in [7, 11) is 0. The molecule has 0 spiro atoms. The van der Waals surface area contributed by atoms with Gasteiger partial charge >= 0.3 is 0 Å². The van der Waals surface area contributed by atoms with E-state index in [9.17, 15) is 9.59 Å². The first kappa shape index (κ1) is 28.0. The van der Waals surface area contributed by atoms with Crippen LogP contribution < -0.4 is 20.9 Å². The number of aromatic nitrogens is 2. The SMILES string of the molecule is O=C(CCOc1ccc(NCc2ccc(C(=O)Nc3ccc(Cl)c(-c4nc5ccccc5[nH]4)c3)c(Cl)c2)cc1)NO. The van der Waals surface area contributed by atoms with E-state index in [0.717, 1.165) is 22.3 Å². The van der Waals surface area contributed by atoms with Crippen LogP contribution in [0.3, 0.4) is 0 Å². The fraction of sp³-hybridized carbons (Fsp3) is 0.100. The molecule has 0 unspecified atom stereocenters. The maximum absolute atomic E-state index is 13.0. The van der Waals surface area contributed by atoms with Crippen molar-refractivity contribution in [1.29, 1.82) is 0 Å². The van der Waals surface area contributed by atoms with Crippen molar-refractivity contribution in [3.63, 3.8) is 0 Å². The molecule has 0 fully saturated rings. The number of ether oxygens (including phenoxy) is 1. The second-order valence-corrected chi connectivity index (χ2v) is 9.89. The number of halogens is 2. The number of hydrogen-bond donors (Lipinski definition) is 5. The standard InChI is InChI=1S/C30H25Cl2N5O4/c31-24-12-8-20(16-23(24)29-35-26-3-1-2-4-27(26)36-29)34-30(39)22-11-5-18(15-25(22)32)17-33-19-6-9-21(10-7-19)41-14-13-28(38)37-40/h1-12,15-16,33,40H,13-14,17H2,(H,34,39)(H,35,36)(H,37,38). The number of rotatable bonds is 10. The molecule has 208 valence electrons. The number of aromatic amines is 1. The van der Waals surface area contributed by atoms with Crippen LogP contribution in [0.5, 0.6) is 5.75 Å². The van der Waals surface area contributed by atoms with Crippen molar-refractivity contribution >= 4 is 57.4 Å². The average Bonchev–Trinajstić information content (AvgIpc) is 3.42. The van der Waals surface area contributed by atoms with Gasteiger partial charge in [0.15, 0.2) is 0 Å². The molecule has 1 aromatic heterocycles. The number of H-pyrrole nitrogens is 1. The summed E-state index contributed by atoms with van der Waals surface area (Å²) in [5.74, 6) is 0.351. The summed E-state index contributed by atoms with van der Waals surface area (Å²) in [6.45, 7) is 0.634. The first-order valence-electron chi connectivity index (χ1n) is 12.6. The Kier molecular flexibility index (Phi) is 8.69. The van der Waals surface area contributed by atoms with Crippen LogP contribution in [-0.4, -0.2) is 33.6 Å². The van der Waals surface area contributed by atoms with Gasteiger partial charge < -0.3 is 20.4 Å². The van der Waals surface area contributed by atoms with Crippen LogP contribution >= 0.6 is 23.2 Å². The summed E-state index contributed by atoms with van der Waals surface area (Å²) >= 11 is 12.9. The number of para-hydroxylation sites is 2. The first-order chi connectivity index (χ1) is 19.9. The molecule has 0 aliphatic heterocycles. The second kappa shape index (κ2) is 12.7. The molecular formula is C30H25Cl2N5O4. The molecule has 0 bridgehead atoms. The minimum Gasteiger partial charge on any atom is -0.493 e. The summed E-state index contributed by atoms with van der Waals surface area (Å²) in [6.07, 6.45) is 0.0501. The van der Waals surface area contributed by atoms with E-state index < -0.39 is 5.91 Å². The van der Waals surface area contributed by atoms with Crippen LogP contribution in [0.1, 0.15) is 22.3 Å². The van der Waals surface area contributed by atoms with Crippen molar-refractivity contribution in [2.45, 2.75) is 13.0 Å². The van der Waals surface area contributed by atoms with E-state index in [1.54, 1.807) is 47.9 Å². The quantitative estimate of drug-likeness (QED) is 0.0913. The Hall–Kier alpha value is -4.57. The van der Waals surface area contributed by atoms with Crippen molar-refractivity contribution in [2.75, 3.05) is 17.2 Å². The highest BCUT2D eigenvalue weighted by Gasteiger charge is 2.14. The van der Waals surface area contributed by atoms with Gasteiger partial charge in [-0.05, 0) is 72.3 Å². The second-order valence-electron chi connectivity index (χ2n) is 9.08. The number of nitrogens with one attached hydrogen (secondary N) is 4. The van der Waals surface area contributed by atoms with E-state index in [0.29, 0.717) is 45.0 Å². The lowest BCUT2D eigenvalue weighted by Crippen LogP contribution is -2.20. The maximum Gasteiger partial charge on any atom is 0.257 e. The zero-order valence-corrected chi connectivity index (χ0v) is 23.1. The number of nitrogens with zero attached hydrogens (tertiary/aromatic N) is 1. The fourth-order valence-corrected chi connectivity index (χ4v) is 4.60. The van der Waals surface area contributed by atoms with Crippen LogP contribution in [0, 0.1) is 0 Å². The molecular weight excluding hydrogens is 565 g/mol. The Morgan fingerprint density at radius 3 is 2.44 bits per heavy atom. The number of amides is 2. The normalized spacial score (nSPS) is 10.8. The molecule has 5 aromatic rings. The van der Waals surface area contributed by atoms with E-state index in [4.69, 9.17) is 33.1 Å². The van der Waals surface area contributed by atoms with Crippen LogP contribution in [-0.2, 0) is 11.3 Å². The van der Waals surface area contributed by atoms with Crippen molar-refractivity contribution in [1.82, 2.24) is 15.4 Å². The van der Waals surface area contributed by atoms with Crippen molar-refractivity contribution < 1.29 is 19.5 Å². The molecule has 0 saturated carbocycles. The molecule has 0 saturated heterocycles. The highest BCUT2D eigenvalue weighted by atomic mass is 35.5. The smallest absolute Gasteiger partial charge is 0.257 e. The van der Waals surface area contributed by atoms with Gasteiger partial charge in [-0.3, -0.25) is 14.8 Å². The van der Waals surface area contributed by atoms with Gasteiger partial charge in [0.1, 0.15) is 11.6 Å². The number of carbonyl (C=O) groups is 2. The van der Waals surface area contributed by atoms with E-state index in [2.05, 4.69) is 20.6 Å². The van der Waals surface area contributed by atoms with Crippen LogP contribution in [0.25, 0.3) is 22.4 Å². The average molecular weight is 590 g/mol. The Bertz CT molecular complexity index is 1670. The number of carbonyl (C=O) groups excluding carboxylic acids is 2. The highest BCUT2D eigenvalue weighted by Crippen LogP contribution is 2.31. The van der Waals surface area contributed by atoms with Gasteiger partial charge in [-0.1, -0.05) is 41.4 Å². The van der Waals surface area contributed by atoms with Crippen LogP contribution in [0.4, 0.5) is 11.4 Å². The molecule has 0 aliphatic rings. The van der Waals surface area contributed by atoms with Gasteiger partial charge in [0, 0.05) is 23.5 Å². The molecule has 1 heterocycles. The third kappa shape index (κ3) is 6.96. The van der Waals surface area contributed by atoms with Crippen molar-refractivity contribution in [3.8, 4) is 17.1 Å². The fourth-order valence-electron chi connectivity index (χ4n) is 4.11. The molecule has 5 rings (SSSR count). The van der Waals surface area contributed by atoms with Gasteiger partial charge in [-0.2, -0.15) is 0 Å². The monoisotopic (exact) mass is 589 g/mol. The third-order valence-corrected chi connectivity index (χ3v) is 6.86. The van der Waals surface area contributed by atoms with Gasteiger partial charge in [-0.15, -0.1) is 0 Å². The molecule has 4 aromatic carbocycles. The molecule has 2 amide bonds. The summed E-state index contributed by atoms with van der Waals surface area (Å²) in [4.78, 5) is 32.0. The Morgan fingerprint density at radius 2 is 1.68 bits per heavy atom. The molecule has 0 aliphatic carbocycles. The maximum atomic E-state index is 13.0. The van der Waals surface area contributed by atoms with Crippen molar-refractivity contribution in [3.05, 3.63) is 106 Å². The van der Waals surface area contributed by atoms with E-state index in [1.165, 1.54) is 0 Å². The van der Waals surface area contributed by atoms with Gasteiger partial charge in [-0.25, -0.2) is 10.5 Å². The molecule has 0 atom stereocenters. The van der Waals surface area contributed by atoms with Crippen molar-refractivity contribution in [2.24, 2.45) is 0 Å². The zero-order valence-electron chi connectivity index (χ0n) is 21.6. The Morgan fingerprint density at radius 1 is 0.902 bits per heavy atom. The number of hydrogen-bond acceptors (Lipinski definition) is 6. The van der Waals surface area contributed by atoms with Gasteiger partial charge in [0.25, 0.3) is 5.91 Å². The predicted molar refractivity (Wildman–Crippen MR) is 160 cm³/mol. The summed E-state index contributed by atoms with van der Waals surface area (Å²) in [5, 5.41) is 15.5. The minimum absolute atomic E-state index is 0.0501. The Labute approximate surface area is 245 Å². The summed E-state index contributed by atoms with van der Waals surface area (Å²) < 4.78 is 5.47. The topological polar surface area (TPSA) is 128 Å². The molecule has 11 heteroatoms. The molecule has 5 N–H and O–H groups in total. The Balaban J connectivity index is 1.19. The lowest BCUT2D eigenvalue weighted by Gasteiger charge is -2.11. The van der Waals surface area contributed by atoms with E-state index >= 15 is 0 Å². The molecule has 0 radical (unpaired) electrons. The first-order valence-corrected chi connectivity index (χ1v) is 13.4. The predicted octanol–water partition coefficient (Wildman–Crippen LogP) is 6.68. The summed E-state index contributed by atoms with van der Waals surface area (Å²) in [5.41, 5.74) is 6.58. The van der Waals surface area contributed by atoms with Gasteiger partial charge in [0.2, 0.25) is 5.91 Å². The zero-order chi connectivity index (χ0) is 28.8.